The van der Waals surface area contributed by atoms with Crippen molar-refractivity contribution in [2.45, 2.75) is 25.7 Å². The van der Waals surface area contributed by atoms with Crippen LogP contribution < -0.4 is 10.6 Å². The van der Waals surface area contributed by atoms with Gasteiger partial charge < -0.3 is 15.5 Å². The van der Waals surface area contributed by atoms with Crippen LogP contribution in [-0.4, -0.2) is 38.6 Å². The summed E-state index contributed by atoms with van der Waals surface area (Å²) in [5.41, 5.74) is 9.71. The summed E-state index contributed by atoms with van der Waals surface area (Å²) in [6.07, 6.45) is 4.90. The molecule has 1 aliphatic rings. The van der Waals surface area contributed by atoms with Gasteiger partial charge in [-0.25, -0.2) is 0 Å². The van der Waals surface area contributed by atoms with Crippen molar-refractivity contribution in [1.82, 2.24) is 4.90 Å². The highest BCUT2D eigenvalue weighted by atomic mass is 15.1. The third-order valence-corrected chi connectivity index (χ3v) is 3.61. The predicted octanol–water partition coefficient (Wildman–Crippen LogP) is 2.36. The van der Waals surface area contributed by atoms with Gasteiger partial charge in [0.25, 0.3) is 0 Å². The summed E-state index contributed by atoms with van der Waals surface area (Å²) >= 11 is 0. The fraction of sp³-hybridized carbons (Fsp3) is 0.600. The Morgan fingerprint density at radius 1 is 1.22 bits per heavy atom. The summed E-state index contributed by atoms with van der Waals surface area (Å²) in [4.78, 5) is 4.63. The van der Waals surface area contributed by atoms with Gasteiger partial charge in [-0.3, -0.25) is 0 Å². The third-order valence-electron chi connectivity index (χ3n) is 3.61. The molecule has 0 bridgehead atoms. The molecule has 0 spiro atoms. The summed E-state index contributed by atoms with van der Waals surface area (Å²) in [5.74, 6) is 0. The molecule has 1 heterocycles. The zero-order valence-corrected chi connectivity index (χ0v) is 11.7. The van der Waals surface area contributed by atoms with E-state index >= 15 is 0 Å². The first-order valence-corrected chi connectivity index (χ1v) is 6.95. The van der Waals surface area contributed by atoms with Crippen LogP contribution in [0.15, 0.2) is 18.2 Å². The smallest absolute Gasteiger partial charge is 0.0600 e. The van der Waals surface area contributed by atoms with Gasteiger partial charge in [0.1, 0.15) is 0 Å². The molecule has 100 valence electrons. The van der Waals surface area contributed by atoms with Gasteiger partial charge in [0.15, 0.2) is 0 Å². The highest BCUT2D eigenvalue weighted by Crippen LogP contribution is 2.27. The molecule has 1 fully saturated rings. The van der Waals surface area contributed by atoms with Crippen LogP contribution >= 0.6 is 0 Å². The zero-order valence-electron chi connectivity index (χ0n) is 11.7. The monoisotopic (exact) mass is 247 g/mol. The molecule has 1 aromatic rings. The molecule has 3 nitrogen and oxygen atoms in total. The van der Waals surface area contributed by atoms with Crippen molar-refractivity contribution >= 4 is 11.4 Å². The average molecular weight is 247 g/mol. The van der Waals surface area contributed by atoms with Crippen LogP contribution in [0.1, 0.15) is 24.8 Å². The van der Waals surface area contributed by atoms with E-state index in [0.29, 0.717) is 0 Å². The Bertz CT molecular complexity index is 381. The van der Waals surface area contributed by atoms with E-state index in [0.717, 1.165) is 31.7 Å². The lowest BCUT2D eigenvalue weighted by Gasteiger charge is -2.20. The Hall–Kier alpha value is -1.22. The predicted molar refractivity (Wildman–Crippen MR) is 79.2 cm³/mol. The summed E-state index contributed by atoms with van der Waals surface area (Å²) in [6, 6.07) is 6.59. The first kappa shape index (κ1) is 13.2. The van der Waals surface area contributed by atoms with Crippen LogP contribution in [0.4, 0.5) is 11.4 Å². The van der Waals surface area contributed by atoms with Crippen LogP contribution in [0.25, 0.3) is 0 Å². The summed E-state index contributed by atoms with van der Waals surface area (Å²) in [7, 11) is 4.23. The second-order valence-corrected chi connectivity index (χ2v) is 5.49. The standard InChI is InChI=1S/C15H25N3/c1-17(2)9-5-6-13-7-8-15(14(16)12-13)18-10-3-4-11-18/h7-8,12H,3-6,9-11,16H2,1-2H3. The van der Waals surface area contributed by atoms with Crippen LogP contribution in [0.2, 0.25) is 0 Å². The van der Waals surface area contributed by atoms with Gasteiger partial charge in [0.05, 0.1) is 11.4 Å². The van der Waals surface area contributed by atoms with Crippen molar-refractivity contribution in [3.8, 4) is 0 Å². The Morgan fingerprint density at radius 2 is 1.94 bits per heavy atom. The van der Waals surface area contributed by atoms with E-state index in [1.54, 1.807) is 0 Å². The minimum Gasteiger partial charge on any atom is -0.397 e. The number of hydrogen-bond donors (Lipinski definition) is 1. The molecule has 1 saturated heterocycles. The number of hydrogen-bond acceptors (Lipinski definition) is 3. The van der Waals surface area contributed by atoms with Crippen molar-refractivity contribution < 1.29 is 0 Å². The van der Waals surface area contributed by atoms with Gasteiger partial charge in [0.2, 0.25) is 0 Å². The number of benzene rings is 1. The molecule has 2 N–H and O–H groups in total. The first-order chi connectivity index (χ1) is 8.66. The third kappa shape index (κ3) is 3.39. The SMILES string of the molecule is CN(C)CCCc1ccc(N2CCCC2)c(N)c1. The van der Waals surface area contributed by atoms with Crippen molar-refractivity contribution in [3.05, 3.63) is 23.8 Å². The maximum absolute atomic E-state index is 6.18. The number of nitrogen functional groups attached to an aromatic ring is 1. The number of nitrogens with two attached hydrogens (primary N) is 1. The van der Waals surface area contributed by atoms with Crippen LogP contribution in [-0.2, 0) is 6.42 Å². The molecule has 0 radical (unpaired) electrons. The topological polar surface area (TPSA) is 32.5 Å². The quantitative estimate of drug-likeness (QED) is 0.811. The lowest BCUT2D eigenvalue weighted by Crippen LogP contribution is -2.19. The van der Waals surface area contributed by atoms with Crippen molar-refractivity contribution in [1.29, 1.82) is 0 Å². The molecule has 0 amide bonds. The molecule has 0 aliphatic carbocycles. The maximum Gasteiger partial charge on any atom is 0.0600 e. The van der Waals surface area contributed by atoms with Gasteiger partial charge in [-0.2, -0.15) is 0 Å². The van der Waals surface area contributed by atoms with E-state index in [1.807, 2.05) is 0 Å². The number of anilines is 2. The van der Waals surface area contributed by atoms with E-state index in [2.05, 4.69) is 42.1 Å². The largest absolute Gasteiger partial charge is 0.397 e. The van der Waals surface area contributed by atoms with Crippen LogP contribution in [0.3, 0.4) is 0 Å². The minimum atomic E-state index is 0.944. The molecule has 0 unspecified atom stereocenters. The first-order valence-electron chi connectivity index (χ1n) is 6.95. The van der Waals surface area contributed by atoms with Gasteiger partial charge in [-0.05, 0) is 64.0 Å². The second-order valence-electron chi connectivity index (χ2n) is 5.49. The summed E-state index contributed by atoms with van der Waals surface area (Å²) in [5, 5.41) is 0. The Kier molecular flexibility index (Phi) is 4.48. The molecule has 1 aromatic carbocycles. The van der Waals surface area contributed by atoms with E-state index in [4.69, 9.17) is 5.73 Å². The summed E-state index contributed by atoms with van der Waals surface area (Å²) in [6.45, 7) is 3.45. The van der Waals surface area contributed by atoms with E-state index in [-0.39, 0.29) is 0 Å². The lowest BCUT2D eigenvalue weighted by molar-refractivity contribution is 0.400. The average Bonchev–Trinajstić information content (AvgIpc) is 2.82. The number of aryl methyl sites for hydroxylation is 1. The number of nitrogens with zero attached hydrogens (tertiary/aromatic N) is 2. The van der Waals surface area contributed by atoms with Gasteiger partial charge >= 0.3 is 0 Å². The Labute approximate surface area is 111 Å². The van der Waals surface area contributed by atoms with Crippen molar-refractivity contribution in [2.75, 3.05) is 44.4 Å². The lowest BCUT2D eigenvalue weighted by atomic mass is 10.1. The molecular formula is C15H25N3. The summed E-state index contributed by atoms with van der Waals surface area (Å²) < 4.78 is 0. The Balaban J connectivity index is 1.96. The Morgan fingerprint density at radius 3 is 2.56 bits per heavy atom. The fourth-order valence-corrected chi connectivity index (χ4v) is 2.60. The molecule has 0 saturated carbocycles. The highest BCUT2D eigenvalue weighted by molar-refractivity contribution is 5.68. The maximum atomic E-state index is 6.18. The molecule has 0 atom stereocenters. The van der Waals surface area contributed by atoms with Gasteiger partial charge in [-0.1, -0.05) is 6.07 Å². The van der Waals surface area contributed by atoms with E-state index in [9.17, 15) is 0 Å². The van der Waals surface area contributed by atoms with Crippen LogP contribution in [0.5, 0.6) is 0 Å². The molecular weight excluding hydrogens is 222 g/mol. The van der Waals surface area contributed by atoms with E-state index in [1.165, 1.54) is 30.5 Å². The van der Waals surface area contributed by atoms with Gasteiger partial charge in [0, 0.05) is 13.1 Å². The molecule has 0 aromatic heterocycles. The minimum absolute atomic E-state index is 0.944. The van der Waals surface area contributed by atoms with Gasteiger partial charge in [-0.15, -0.1) is 0 Å². The van der Waals surface area contributed by atoms with Crippen molar-refractivity contribution in [3.63, 3.8) is 0 Å². The van der Waals surface area contributed by atoms with Crippen molar-refractivity contribution in [2.24, 2.45) is 0 Å². The molecule has 2 rings (SSSR count). The van der Waals surface area contributed by atoms with Crippen LogP contribution in [0, 0.1) is 0 Å². The molecule has 1 aliphatic heterocycles. The molecule has 3 heteroatoms. The number of rotatable bonds is 5. The second kappa shape index (κ2) is 6.10. The normalized spacial score (nSPS) is 15.6. The fourth-order valence-electron chi connectivity index (χ4n) is 2.60. The zero-order chi connectivity index (χ0) is 13.0. The molecule has 18 heavy (non-hydrogen) atoms. The van der Waals surface area contributed by atoms with E-state index < -0.39 is 0 Å². The highest BCUT2D eigenvalue weighted by Gasteiger charge is 2.14.